The minimum atomic E-state index is -0.530. The molecule has 194 valence electrons. The maximum Gasteiger partial charge on any atom is 0.335 e. The number of unbranched alkanes of at least 4 members (excludes halogenated alkanes) is 9. The van der Waals surface area contributed by atoms with E-state index in [2.05, 4.69) is 62.4 Å². The van der Waals surface area contributed by atoms with Gasteiger partial charge in [-0.05, 0) is 55.4 Å². The van der Waals surface area contributed by atoms with Gasteiger partial charge < -0.3 is 9.47 Å². The lowest BCUT2D eigenvalue weighted by atomic mass is 9.99. The summed E-state index contributed by atoms with van der Waals surface area (Å²) < 4.78 is 11.4. The molecule has 2 unspecified atom stereocenters. The van der Waals surface area contributed by atoms with Crippen LogP contribution in [-0.2, 0) is 20.7 Å². The van der Waals surface area contributed by atoms with Crippen molar-refractivity contribution < 1.29 is 14.3 Å². The summed E-state index contributed by atoms with van der Waals surface area (Å²) >= 11 is 0. The fourth-order valence-electron chi connectivity index (χ4n) is 4.29. The van der Waals surface area contributed by atoms with Crippen molar-refractivity contribution >= 4 is 5.97 Å². The van der Waals surface area contributed by atoms with Crippen LogP contribution in [0.5, 0.6) is 0 Å². The van der Waals surface area contributed by atoms with Gasteiger partial charge in [0.25, 0.3) is 0 Å². The van der Waals surface area contributed by atoms with Crippen molar-refractivity contribution in [3.05, 3.63) is 59.7 Å². The van der Waals surface area contributed by atoms with Crippen LogP contribution in [0, 0.1) is 0 Å². The molecule has 0 aliphatic rings. The van der Waals surface area contributed by atoms with Gasteiger partial charge in [0, 0.05) is 6.61 Å². The van der Waals surface area contributed by atoms with Crippen molar-refractivity contribution in [3.8, 4) is 11.1 Å². The fraction of sp³-hybridized carbons (Fsp3) is 0.594. The van der Waals surface area contributed by atoms with Crippen LogP contribution < -0.4 is 0 Å². The van der Waals surface area contributed by atoms with Crippen molar-refractivity contribution in [2.24, 2.45) is 0 Å². The van der Waals surface area contributed by atoms with Crippen LogP contribution in [0.2, 0.25) is 0 Å². The number of aryl methyl sites for hydroxylation is 1. The molecular formula is C32H48O3. The Hall–Kier alpha value is -2.13. The lowest BCUT2D eigenvalue weighted by Gasteiger charge is -2.18. The molecule has 0 radical (unpaired) electrons. The molecule has 0 bridgehead atoms. The number of carbonyl (C=O) groups excluding carboxylic acids is 1. The molecule has 0 N–H and O–H groups in total. The second-order valence-corrected chi connectivity index (χ2v) is 9.84. The number of hydrogen-bond acceptors (Lipinski definition) is 3. The van der Waals surface area contributed by atoms with Gasteiger partial charge in [0.2, 0.25) is 0 Å². The standard InChI is InChI=1S/C32H48O3/c1-5-7-9-11-13-15-25-34-27(4)32(33)35-26(3)29-21-23-31(24-22-29)30-19-17-28(18-20-30)16-14-12-10-8-6-2/h17-24,26-27H,5-16,25H2,1-4H3. The zero-order valence-electron chi connectivity index (χ0n) is 22.7. The molecule has 2 atom stereocenters. The van der Waals surface area contributed by atoms with Crippen molar-refractivity contribution in [3.63, 3.8) is 0 Å². The van der Waals surface area contributed by atoms with Crippen molar-refractivity contribution in [2.75, 3.05) is 6.61 Å². The third kappa shape index (κ3) is 11.4. The van der Waals surface area contributed by atoms with E-state index >= 15 is 0 Å². The van der Waals surface area contributed by atoms with Gasteiger partial charge in [0.1, 0.15) is 6.10 Å². The zero-order chi connectivity index (χ0) is 25.3. The molecule has 0 saturated carbocycles. The lowest BCUT2D eigenvalue weighted by molar-refractivity contribution is -0.161. The van der Waals surface area contributed by atoms with E-state index < -0.39 is 6.10 Å². The number of carbonyl (C=O) groups is 1. The molecule has 0 aliphatic heterocycles. The highest BCUT2D eigenvalue weighted by atomic mass is 16.6. The topological polar surface area (TPSA) is 35.5 Å². The van der Waals surface area contributed by atoms with Crippen LogP contribution in [0.1, 0.15) is 116 Å². The van der Waals surface area contributed by atoms with Crippen LogP contribution in [-0.4, -0.2) is 18.7 Å². The average Bonchev–Trinajstić information content (AvgIpc) is 2.88. The molecule has 3 nitrogen and oxygen atoms in total. The predicted octanol–water partition coefficient (Wildman–Crippen LogP) is 9.24. The molecule has 0 aromatic heterocycles. The van der Waals surface area contributed by atoms with Crippen LogP contribution in [0.25, 0.3) is 11.1 Å². The Kier molecular flexibility index (Phi) is 14.4. The third-order valence-electron chi connectivity index (χ3n) is 6.73. The Morgan fingerprint density at radius 2 is 1.20 bits per heavy atom. The molecule has 0 fully saturated rings. The van der Waals surface area contributed by atoms with Gasteiger partial charge in [-0.1, -0.05) is 120 Å². The number of esters is 1. The first kappa shape index (κ1) is 29.1. The number of hydrogen-bond donors (Lipinski definition) is 0. The lowest BCUT2D eigenvalue weighted by Crippen LogP contribution is -2.25. The number of ether oxygens (including phenoxy) is 2. The molecule has 2 aromatic carbocycles. The van der Waals surface area contributed by atoms with Crippen LogP contribution in [0.3, 0.4) is 0 Å². The maximum atomic E-state index is 12.4. The summed E-state index contributed by atoms with van der Waals surface area (Å²) in [6.07, 6.45) is 14.2. The van der Waals surface area contributed by atoms with Crippen LogP contribution in [0.4, 0.5) is 0 Å². The van der Waals surface area contributed by atoms with Crippen molar-refractivity contribution in [1.29, 1.82) is 0 Å². The molecule has 0 saturated heterocycles. The van der Waals surface area contributed by atoms with Crippen molar-refractivity contribution in [1.82, 2.24) is 0 Å². The molecule has 35 heavy (non-hydrogen) atoms. The van der Waals surface area contributed by atoms with Gasteiger partial charge in [0.05, 0.1) is 0 Å². The minimum absolute atomic E-state index is 0.294. The normalized spacial score (nSPS) is 12.9. The van der Waals surface area contributed by atoms with Gasteiger partial charge in [-0.15, -0.1) is 0 Å². The maximum absolute atomic E-state index is 12.4. The van der Waals surface area contributed by atoms with Gasteiger partial charge >= 0.3 is 5.97 Å². The van der Waals surface area contributed by atoms with Gasteiger partial charge in [-0.25, -0.2) is 4.79 Å². The van der Waals surface area contributed by atoms with Gasteiger partial charge in [0.15, 0.2) is 6.10 Å². The summed E-state index contributed by atoms with van der Waals surface area (Å²) in [5.41, 5.74) is 4.80. The summed E-state index contributed by atoms with van der Waals surface area (Å²) in [7, 11) is 0. The molecular weight excluding hydrogens is 432 g/mol. The van der Waals surface area contributed by atoms with Crippen LogP contribution >= 0.6 is 0 Å². The van der Waals surface area contributed by atoms with E-state index in [1.807, 2.05) is 6.92 Å². The quantitative estimate of drug-likeness (QED) is 0.157. The monoisotopic (exact) mass is 480 g/mol. The Morgan fingerprint density at radius 3 is 1.80 bits per heavy atom. The van der Waals surface area contributed by atoms with E-state index in [9.17, 15) is 4.79 Å². The number of benzene rings is 2. The summed E-state index contributed by atoms with van der Waals surface area (Å²) in [5, 5.41) is 0. The van der Waals surface area contributed by atoms with Crippen molar-refractivity contribution in [2.45, 2.75) is 117 Å². The van der Waals surface area contributed by atoms with E-state index in [1.165, 1.54) is 74.5 Å². The average molecular weight is 481 g/mol. The van der Waals surface area contributed by atoms with Gasteiger partial charge in [-0.2, -0.15) is 0 Å². The van der Waals surface area contributed by atoms with E-state index in [-0.39, 0.29) is 12.1 Å². The highest BCUT2D eigenvalue weighted by Crippen LogP contribution is 2.25. The largest absolute Gasteiger partial charge is 0.456 e. The molecule has 2 aromatic rings. The summed E-state index contributed by atoms with van der Waals surface area (Å²) in [4.78, 5) is 12.4. The highest BCUT2D eigenvalue weighted by molar-refractivity contribution is 5.74. The molecule has 3 heteroatoms. The smallest absolute Gasteiger partial charge is 0.335 e. The summed E-state index contributed by atoms with van der Waals surface area (Å²) in [5.74, 6) is -0.294. The SMILES string of the molecule is CCCCCCCCOC(C)C(=O)OC(C)c1ccc(-c2ccc(CCCCCCC)cc2)cc1. The Labute approximate surface area is 214 Å². The Bertz CT molecular complexity index is 810. The molecule has 0 spiro atoms. The third-order valence-corrected chi connectivity index (χ3v) is 6.73. The molecule has 0 amide bonds. The molecule has 2 rings (SSSR count). The zero-order valence-corrected chi connectivity index (χ0v) is 22.7. The van der Waals surface area contributed by atoms with E-state index in [0.717, 1.165) is 24.8 Å². The second kappa shape index (κ2) is 17.3. The number of rotatable bonds is 18. The van der Waals surface area contributed by atoms with Crippen LogP contribution in [0.15, 0.2) is 48.5 Å². The summed E-state index contributed by atoms with van der Waals surface area (Å²) in [6, 6.07) is 17.2. The first-order chi connectivity index (χ1) is 17.0. The molecule has 0 aliphatic carbocycles. The fourth-order valence-corrected chi connectivity index (χ4v) is 4.29. The van der Waals surface area contributed by atoms with E-state index in [0.29, 0.717) is 6.61 Å². The minimum Gasteiger partial charge on any atom is -0.456 e. The van der Waals surface area contributed by atoms with E-state index in [1.54, 1.807) is 6.92 Å². The predicted molar refractivity (Wildman–Crippen MR) is 148 cm³/mol. The summed E-state index contributed by atoms with van der Waals surface area (Å²) in [6.45, 7) is 8.80. The second-order valence-electron chi connectivity index (χ2n) is 9.84. The Balaban J connectivity index is 1.75. The van der Waals surface area contributed by atoms with Gasteiger partial charge in [-0.3, -0.25) is 0 Å². The molecule has 0 heterocycles. The van der Waals surface area contributed by atoms with E-state index in [4.69, 9.17) is 9.47 Å². The Morgan fingerprint density at radius 1 is 0.686 bits per heavy atom. The first-order valence-electron chi connectivity index (χ1n) is 14.1. The first-order valence-corrected chi connectivity index (χ1v) is 14.1. The highest BCUT2D eigenvalue weighted by Gasteiger charge is 2.19.